The van der Waals surface area contributed by atoms with Gasteiger partial charge in [-0.15, -0.1) is 0 Å². The third-order valence-corrected chi connectivity index (χ3v) is 6.45. The summed E-state index contributed by atoms with van der Waals surface area (Å²) in [5.41, 5.74) is 0.635. The monoisotopic (exact) mass is 492 g/mol. The number of halogens is 3. The first-order chi connectivity index (χ1) is 15.9. The Kier molecular flexibility index (Phi) is 7.34. The number of aliphatic hydroxyl groups excluding tert-OH is 1. The molecule has 0 saturated carbocycles. The molecule has 2 fully saturated rings. The number of carbonyl (C=O) groups excluding carboxylic acids is 2. The van der Waals surface area contributed by atoms with Crippen molar-refractivity contribution in [2.75, 3.05) is 39.4 Å². The molecule has 33 heavy (non-hydrogen) atoms. The molecule has 4 rings (SSSR count). The number of carbonyl (C=O) groups is 2. The molecule has 2 aliphatic heterocycles. The quantitative estimate of drug-likeness (QED) is 0.370. The molecule has 9 heteroatoms. The molecule has 0 aromatic heterocycles. The second kappa shape index (κ2) is 10.2. The molecule has 0 unspecified atom stereocenters. The van der Waals surface area contributed by atoms with Crippen LogP contribution in [0.5, 0.6) is 0 Å². The molecular weight excluding hydrogens is 470 g/mol. The van der Waals surface area contributed by atoms with Crippen molar-refractivity contribution in [2.24, 2.45) is 0 Å². The Bertz CT molecular complexity index is 1080. The molecule has 1 amide bonds. The lowest BCUT2D eigenvalue weighted by Gasteiger charge is -2.29. The molecule has 0 aliphatic carbocycles. The van der Waals surface area contributed by atoms with Gasteiger partial charge in [-0.05, 0) is 48.4 Å². The highest BCUT2D eigenvalue weighted by Gasteiger charge is 2.46. The van der Waals surface area contributed by atoms with Crippen LogP contribution in [0.1, 0.15) is 23.6 Å². The third-order valence-electron chi connectivity index (χ3n) is 5.89. The molecule has 174 valence electrons. The van der Waals surface area contributed by atoms with E-state index in [9.17, 15) is 19.1 Å². The van der Waals surface area contributed by atoms with Gasteiger partial charge in [0.2, 0.25) is 0 Å². The van der Waals surface area contributed by atoms with Crippen molar-refractivity contribution in [2.45, 2.75) is 12.5 Å². The zero-order valence-electron chi connectivity index (χ0n) is 17.8. The zero-order chi connectivity index (χ0) is 23.5. The largest absolute Gasteiger partial charge is 0.507 e. The molecule has 2 aromatic rings. The van der Waals surface area contributed by atoms with Gasteiger partial charge in [-0.1, -0.05) is 29.3 Å². The predicted octanol–water partition coefficient (Wildman–Crippen LogP) is 4.28. The molecule has 6 nitrogen and oxygen atoms in total. The standard InChI is InChI=1S/C24H23Cl2FN2O4/c25-16-4-7-18(19(26)14-16)21-20(22(30)15-2-5-17(27)6-3-15)23(31)24(32)29(21)9-1-8-28-10-12-33-13-11-28/h2-7,14,21,30H,1,8-13H2/t21-/m0/s1. The van der Waals surface area contributed by atoms with Gasteiger partial charge in [0, 0.05) is 41.8 Å². The van der Waals surface area contributed by atoms with E-state index in [2.05, 4.69) is 4.90 Å². The van der Waals surface area contributed by atoms with E-state index in [0.29, 0.717) is 36.8 Å². The lowest BCUT2D eigenvalue weighted by atomic mass is 9.95. The Hall–Kier alpha value is -2.45. The first-order valence-electron chi connectivity index (χ1n) is 10.7. The van der Waals surface area contributed by atoms with Crippen molar-refractivity contribution in [3.05, 3.63) is 75.0 Å². The summed E-state index contributed by atoms with van der Waals surface area (Å²) in [6.07, 6.45) is 0.630. The van der Waals surface area contributed by atoms with E-state index in [1.807, 2.05) is 0 Å². The number of nitrogens with zero attached hydrogens (tertiary/aromatic N) is 2. The fourth-order valence-electron chi connectivity index (χ4n) is 4.21. The molecule has 0 bridgehead atoms. The molecular formula is C24H23Cl2FN2O4. The summed E-state index contributed by atoms with van der Waals surface area (Å²) in [5, 5.41) is 11.7. The molecule has 0 spiro atoms. The minimum absolute atomic E-state index is 0.0813. The van der Waals surface area contributed by atoms with Gasteiger partial charge in [-0.3, -0.25) is 14.5 Å². The molecule has 0 radical (unpaired) electrons. The van der Waals surface area contributed by atoms with E-state index in [1.165, 1.54) is 35.2 Å². The number of Topliss-reactive ketones (excluding diaryl/α,β-unsaturated/α-hetero) is 1. The van der Waals surface area contributed by atoms with Crippen LogP contribution in [0.2, 0.25) is 10.0 Å². The van der Waals surface area contributed by atoms with Gasteiger partial charge in [0.15, 0.2) is 0 Å². The lowest BCUT2D eigenvalue weighted by molar-refractivity contribution is -0.140. The van der Waals surface area contributed by atoms with Crippen LogP contribution in [-0.4, -0.2) is 66.0 Å². The molecule has 2 aromatic carbocycles. The normalized spacial score (nSPS) is 21.1. The van der Waals surface area contributed by atoms with Gasteiger partial charge in [0.05, 0.1) is 24.8 Å². The van der Waals surface area contributed by atoms with Crippen molar-refractivity contribution in [1.29, 1.82) is 0 Å². The van der Waals surface area contributed by atoms with Gasteiger partial charge in [0.1, 0.15) is 11.6 Å². The highest BCUT2D eigenvalue weighted by molar-refractivity contribution is 6.47. The summed E-state index contributed by atoms with van der Waals surface area (Å²) >= 11 is 12.5. The average molecular weight is 493 g/mol. The van der Waals surface area contributed by atoms with Crippen molar-refractivity contribution in [1.82, 2.24) is 9.80 Å². The maximum absolute atomic E-state index is 13.4. The van der Waals surface area contributed by atoms with Crippen LogP contribution in [0, 0.1) is 5.82 Å². The fraction of sp³-hybridized carbons (Fsp3) is 0.333. The molecule has 2 aliphatic rings. The zero-order valence-corrected chi connectivity index (χ0v) is 19.3. The number of benzene rings is 2. The Morgan fingerprint density at radius 2 is 1.76 bits per heavy atom. The van der Waals surface area contributed by atoms with Crippen LogP contribution >= 0.6 is 23.2 Å². The summed E-state index contributed by atoms with van der Waals surface area (Å²) in [4.78, 5) is 29.7. The highest BCUT2D eigenvalue weighted by atomic mass is 35.5. The molecule has 2 saturated heterocycles. The topological polar surface area (TPSA) is 70.1 Å². The van der Waals surface area contributed by atoms with E-state index in [0.717, 1.165) is 19.6 Å². The third kappa shape index (κ3) is 5.06. The van der Waals surface area contributed by atoms with Crippen molar-refractivity contribution in [3.63, 3.8) is 0 Å². The van der Waals surface area contributed by atoms with Crippen LogP contribution in [0.25, 0.3) is 5.76 Å². The van der Waals surface area contributed by atoms with Crippen LogP contribution in [-0.2, 0) is 14.3 Å². The number of ether oxygens (including phenoxy) is 1. The van der Waals surface area contributed by atoms with Gasteiger partial charge in [-0.25, -0.2) is 4.39 Å². The maximum atomic E-state index is 13.4. The van der Waals surface area contributed by atoms with Crippen molar-refractivity contribution in [3.8, 4) is 0 Å². The Balaban J connectivity index is 1.70. The van der Waals surface area contributed by atoms with Gasteiger partial charge >= 0.3 is 0 Å². The second-order valence-corrected chi connectivity index (χ2v) is 8.82. The highest BCUT2D eigenvalue weighted by Crippen LogP contribution is 2.42. The van der Waals surface area contributed by atoms with E-state index in [1.54, 1.807) is 12.1 Å². The maximum Gasteiger partial charge on any atom is 0.295 e. The number of likely N-dealkylation sites (tertiary alicyclic amines) is 1. The number of hydrogen-bond donors (Lipinski definition) is 1. The number of morpholine rings is 1. The van der Waals surface area contributed by atoms with Crippen LogP contribution in [0.4, 0.5) is 4.39 Å². The number of rotatable bonds is 6. The van der Waals surface area contributed by atoms with E-state index < -0.39 is 23.5 Å². The van der Waals surface area contributed by atoms with Crippen molar-refractivity contribution < 1.29 is 23.8 Å². The van der Waals surface area contributed by atoms with Gasteiger partial charge < -0.3 is 14.7 Å². The first-order valence-corrected chi connectivity index (χ1v) is 11.4. The first kappa shape index (κ1) is 23.7. The summed E-state index contributed by atoms with van der Waals surface area (Å²) < 4.78 is 18.7. The minimum Gasteiger partial charge on any atom is -0.507 e. The summed E-state index contributed by atoms with van der Waals surface area (Å²) in [6, 6.07) is 8.99. The number of hydrogen-bond acceptors (Lipinski definition) is 5. The average Bonchev–Trinajstić information content (AvgIpc) is 3.05. The van der Waals surface area contributed by atoms with Crippen LogP contribution in [0.15, 0.2) is 48.0 Å². The van der Waals surface area contributed by atoms with Gasteiger partial charge in [0.25, 0.3) is 11.7 Å². The van der Waals surface area contributed by atoms with Crippen LogP contribution in [0.3, 0.4) is 0 Å². The van der Waals surface area contributed by atoms with Crippen LogP contribution < -0.4 is 0 Å². The number of amides is 1. The second-order valence-electron chi connectivity index (χ2n) is 7.97. The fourth-order valence-corrected chi connectivity index (χ4v) is 4.72. The number of ketones is 1. The SMILES string of the molecule is O=C1C(=O)N(CCCN2CCOCC2)[C@@H](c2ccc(Cl)cc2Cl)C1=C(O)c1ccc(F)cc1. The smallest absolute Gasteiger partial charge is 0.295 e. The van der Waals surface area contributed by atoms with Gasteiger partial charge in [-0.2, -0.15) is 0 Å². The predicted molar refractivity (Wildman–Crippen MR) is 124 cm³/mol. The summed E-state index contributed by atoms with van der Waals surface area (Å²) in [6.45, 7) is 4.01. The lowest BCUT2D eigenvalue weighted by Crippen LogP contribution is -2.39. The van der Waals surface area contributed by atoms with E-state index >= 15 is 0 Å². The Labute approximate surface area is 201 Å². The Morgan fingerprint density at radius 3 is 2.42 bits per heavy atom. The van der Waals surface area contributed by atoms with E-state index in [4.69, 9.17) is 27.9 Å². The van der Waals surface area contributed by atoms with E-state index in [-0.39, 0.29) is 21.9 Å². The minimum atomic E-state index is -0.885. The molecule has 1 atom stereocenters. The molecule has 2 heterocycles. The molecule has 1 N–H and O–H groups in total. The summed E-state index contributed by atoms with van der Waals surface area (Å²) in [7, 11) is 0. The number of aliphatic hydroxyl groups is 1. The summed E-state index contributed by atoms with van der Waals surface area (Å²) in [5.74, 6) is -2.37. The van der Waals surface area contributed by atoms with Crippen molar-refractivity contribution >= 4 is 40.7 Å². The Morgan fingerprint density at radius 1 is 1.06 bits per heavy atom.